The predicted molar refractivity (Wildman–Crippen MR) is 106 cm³/mol. The minimum Gasteiger partial charge on any atom is -0.497 e. The van der Waals surface area contributed by atoms with Crippen molar-refractivity contribution < 1.29 is 28.2 Å². The lowest BCUT2D eigenvalue weighted by Gasteiger charge is -2.11. The third kappa shape index (κ3) is 4.13. The number of esters is 2. The molecule has 3 aromatic rings. The van der Waals surface area contributed by atoms with E-state index in [1.54, 1.807) is 38.1 Å². The molecule has 0 saturated heterocycles. The maximum absolute atomic E-state index is 13.2. The van der Waals surface area contributed by atoms with E-state index in [-0.39, 0.29) is 41.1 Å². The zero-order valence-corrected chi connectivity index (χ0v) is 16.3. The summed E-state index contributed by atoms with van der Waals surface area (Å²) in [5.41, 5.74) is 0.312. The Hall–Kier alpha value is -3.61. The summed E-state index contributed by atoms with van der Waals surface area (Å²) in [5, 5.41) is 0.250. The van der Waals surface area contributed by atoms with Gasteiger partial charge in [0.1, 0.15) is 17.1 Å². The van der Waals surface area contributed by atoms with E-state index in [2.05, 4.69) is 0 Å². The van der Waals surface area contributed by atoms with Crippen LogP contribution in [0.15, 0.2) is 51.7 Å². The summed E-state index contributed by atoms with van der Waals surface area (Å²) in [6.07, 6.45) is 0.201. The number of carbonyl (C=O) groups is 2. The topological polar surface area (TPSA) is 92.0 Å². The lowest BCUT2D eigenvalue weighted by atomic mass is 10.0. The molecule has 0 fully saturated rings. The highest BCUT2D eigenvalue weighted by molar-refractivity contribution is 5.97. The average molecular weight is 396 g/mol. The molecule has 1 aromatic heterocycles. The van der Waals surface area contributed by atoms with Crippen LogP contribution < -0.4 is 14.9 Å². The molecule has 7 nitrogen and oxygen atoms in total. The van der Waals surface area contributed by atoms with Crippen molar-refractivity contribution in [2.24, 2.45) is 0 Å². The molecule has 0 spiro atoms. The normalized spacial score (nSPS) is 10.6. The number of methoxy groups -OCH3 is 1. The molecule has 0 amide bonds. The van der Waals surface area contributed by atoms with Gasteiger partial charge in [0.2, 0.25) is 11.2 Å². The van der Waals surface area contributed by atoms with Gasteiger partial charge in [-0.2, -0.15) is 0 Å². The molecule has 0 N–H and O–H groups in total. The van der Waals surface area contributed by atoms with Gasteiger partial charge in [-0.3, -0.25) is 9.59 Å². The van der Waals surface area contributed by atoms with Gasteiger partial charge in [0.25, 0.3) is 0 Å². The first-order valence-electron chi connectivity index (χ1n) is 9.11. The number of benzene rings is 2. The Balaban J connectivity index is 2.22. The molecular formula is C22H20O7. The van der Waals surface area contributed by atoms with Gasteiger partial charge in [-0.05, 0) is 36.8 Å². The van der Waals surface area contributed by atoms with Crippen LogP contribution in [-0.4, -0.2) is 25.7 Å². The lowest BCUT2D eigenvalue weighted by molar-refractivity contribution is -0.134. The van der Waals surface area contributed by atoms with Crippen LogP contribution in [0.4, 0.5) is 0 Å². The fourth-order valence-electron chi connectivity index (χ4n) is 2.80. The van der Waals surface area contributed by atoms with E-state index < -0.39 is 17.4 Å². The number of ether oxygens (including phenoxy) is 3. The first-order chi connectivity index (χ1) is 14.0. The second kappa shape index (κ2) is 8.60. The number of hydrogen-bond acceptors (Lipinski definition) is 7. The summed E-state index contributed by atoms with van der Waals surface area (Å²) in [7, 11) is 1.53. The molecule has 3 rings (SSSR count). The molecule has 0 aliphatic heterocycles. The fraction of sp³-hybridized carbons (Fsp3) is 0.227. The van der Waals surface area contributed by atoms with Crippen molar-refractivity contribution in [3.05, 3.63) is 58.4 Å². The minimum absolute atomic E-state index is 0.0944. The van der Waals surface area contributed by atoms with Gasteiger partial charge in [0.05, 0.1) is 24.7 Å². The Morgan fingerprint density at radius 3 is 2.31 bits per heavy atom. The molecule has 0 radical (unpaired) electrons. The van der Waals surface area contributed by atoms with Crippen LogP contribution in [0.25, 0.3) is 22.1 Å². The standard InChI is InChI=1S/C22H20O7/c1-4-18(23)28-15-10-11-16-17(12-15)29-21(22(25)27-5-2)19(20(16)24)13-6-8-14(26-3)9-7-13/h6-12H,4-5H2,1-3H3. The van der Waals surface area contributed by atoms with Gasteiger partial charge < -0.3 is 18.6 Å². The quantitative estimate of drug-likeness (QED) is 0.460. The van der Waals surface area contributed by atoms with Crippen molar-refractivity contribution in [3.63, 3.8) is 0 Å². The number of fused-ring (bicyclic) bond motifs is 1. The van der Waals surface area contributed by atoms with E-state index in [4.69, 9.17) is 18.6 Å². The molecule has 29 heavy (non-hydrogen) atoms. The SMILES string of the molecule is CCOC(=O)c1oc2cc(OC(=O)CC)ccc2c(=O)c1-c1ccc(OC)cc1. The van der Waals surface area contributed by atoms with E-state index in [0.717, 1.165) is 0 Å². The molecule has 150 valence electrons. The summed E-state index contributed by atoms with van der Waals surface area (Å²) in [4.78, 5) is 37.2. The molecule has 0 aliphatic carbocycles. The van der Waals surface area contributed by atoms with Crippen LogP contribution in [0.2, 0.25) is 0 Å². The second-order valence-electron chi connectivity index (χ2n) is 6.07. The van der Waals surface area contributed by atoms with Gasteiger partial charge in [-0.15, -0.1) is 0 Å². The first-order valence-corrected chi connectivity index (χ1v) is 9.11. The maximum Gasteiger partial charge on any atom is 0.375 e. The largest absolute Gasteiger partial charge is 0.497 e. The molecule has 2 aromatic carbocycles. The molecule has 0 unspecified atom stereocenters. The monoisotopic (exact) mass is 396 g/mol. The van der Waals surface area contributed by atoms with Crippen molar-refractivity contribution in [1.82, 2.24) is 0 Å². The zero-order chi connectivity index (χ0) is 21.0. The summed E-state index contributed by atoms with van der Waals surface area (Å²) in [6.45, 7) is 3.45. The minimum atomic E-state index is -0.756. The van der Waals surface area contributed by atoms with E-state index in [1.807, 2.05) is 0 Å². The van der Waals surface area contributed by atoms with Gasteiger partial charge in [0.15, 0.2) is 0 Å². The summed E-state index contributed by atoms with van der Waals surface area (Å²) < 4.78 is 21.1. The zero-order valence-electron chi connectivity index (χ0n) is 16.3. The first kappa shape index (κ1) is 20.1. The van der Waals surface area contributed by atoms with Crippen molar-refractivity contribution in [2.45, 2.75) is 20.3 Å². The average Bonchev–Trinajstić information content (AvgIpc) is 2.73. The number of carbonyl (C=O) groups excluding carboxylic acids is 2. The Kier molecular flexibility index (Phi) is 5.97. The molecule has 0 aliphatic rings. The molecular weight excluding hydrogens is 376 g/mol. The summed E-state index contributed by atoms with van der Waals surface area (Å²) in [5.74, 6) is -0.563. The molecule has 1 heterocycles. The van der Waals surface area contributed by atoms with Crippen LogP contribution in [0.5, 0.6) is 11.5 Å². The highest BCUT2D eigenvalue weighted by atomic mass is 16.5. The molecule has 0 saturated carbocycles. The van der Waals surface area contributed by atoms with Crippen molar-refractivity contribution >= 4 is 22.9 Å². The smallest absolute Gasteiger partial charge is 0.375 e. The molecule has 0 bridgehead atoms. The highest BCUT2D eigenvalue weighted by Crippen LogP contribution is 2.28. The second-order valence-corrected chi connectivity index (χ2v) is 6.07. The maximum atomic E-state index is 13.2. The van der Waals surface area contributed by atoms with Crippen LogP contribution in [0, 0.1) is 0 Å². The van der Waals surface area contributed by atoms with Crippen molar-refractivity contribution in [1.29, 1.82) is 0 Å². The van der Waals surface area contributed by atoms with Crippen LogP contribution in [-0.2, 0) is 9.53 Å². The van der Waals surface area contributed by atoms with Gasteiger partial charge in [0, 0.05) is 12.5 Å². The highest BCUT2D eigenvalue weighted by Gasteiger charge is 2.23. The van der Waals surface area contributed by atoms with E-state index >= 15 is 0 Å². The number of rotatable bonds is 6. The van der Waals surface area contributed by atoms with Crippen molar-refractivity contribution in [3.8, 4) is 22.6 Å². The van der Waals surface area contributed by atoms with Crippen LogP contribution in [0.1, 0.15) is 30.8 Å². The third-order valence-electron chi connectivity index (χ3n) is 4.22. The Morgan fingerprint density at radius 2 is 1.69 bits per heavy atom. The molecule has 0 atom stereocenters. The summed E-state index contributed by atoms with van der Waals surface area (Å²) in [6, 6.07) is 11.1. The molecule has 7 heteroatoms. The third-order valence-corrected chi connectivity index (χ3v) is 4.22. The lowest BCUT2D eigenvalue weighted by Crippen LogP contribution is -2.15. The number of hydrogen-bond donors (Lipinski definition) is 0. The van der Waals surface area contributed by atoms with E-state index in [9.17, 15) is 14.4 Å². The van der Waals surface area contributed by atoms with Gasteiger partial charge in [-0.1, -0.05) is 19.1 Å². The Bertz CT molecular complexity index is 1110. The van der Waals surface area contributed by atoms with Crippen LogP contribution >= 0.6 is 0 Å². The fourth-order valence-corrected chi connectivity index (χ4v) is 2.80. The Labute approximate surface area is 166 Å². The van der Waals surface area contributed by atoms with E-state index in [1.165, 1.54) is 25.3 Å². The van der Waals surface area contributed by atoms with Gasteiger partial charge in [-0.25, -0.2) is 4.79 Å². The van der Waals surface area contributed by atoms with Gasteiger partial charge >= 0.3 is 11.9 Å². The summed E-state index contributed by atoms with van der Waals surface area (Å²) >= 11 is 0. The van der Waals surface area contributed by atoms with Crippen molar-refractivity contribution in [2.75, 3.05) is 13.7 Å². The predicted octanol–water partition coefficient (Wildman–Crippen LogP) is 3.96. The van der Waals surface area contributed by atoms with Crippen LogP contribution in [0.3, 0.4) is 0 Å². The van der Waals surface area contributed by atoms with E-state index in [0.29, 0.717) is 11.3 Å². The Morgan fingerprint density at radius 1 is 1.00 bits per heavy atom.